The number of nitrogens with zero attached hydrogens (tertiary/aromatic N) is 4. The first kappa shape index (κ1) is 26.2. The molecule has 1 atom stereocenters. The summed E-state index contributed by atoms with van der Waals surface area (Å²) in [6, 6.07) is 13.9. The first-order valence-corrected chi connectivity index (χ1v) is 13.3. The van der Waals surface area contributed by atoms with Crippen molar-refractivity contribution in [2.75, 3.05) is 60.0 Å². The highest BCUT2D eigenvalue weighted by atomic mass is 16.5. The zero-order valence-corrected chi connectivity index (χ0v) is 22.4. The minimum atomic E-state index is -0.949. The van der Waals surface area contributed by atoms with E-state index in [9.17, 15) is 14.4 Å². The van der Waals surface area contributed by atoms with Crippen molar-refractivity contribution < 1.29 is 23.9 Å². The summed E-state index contributed by atoms with van der Waals surface area (Å²) < 4.78 is 11.7. The van der Waals surface area contributed by atoms with Crippen LogP contribution >= 0.6 is 0 Å². The molecule has 1 spiro atoms. The van der Waals surface area contributed by atoms with Crippen molar-refractivity contribution in [1.82, 2.24) is 19.6 Å². The van der Waals surface area contributed by atoms with Crippen LogP contribution in [0.2, 0.25) is 0 Å². The molecule has 0 radical (unpaired) electrons. The van der Waals surface area contributed by atoms with Crippen LogP contribution < -0.4 is 4.74 Å². The van der Waals surface area contributed by atoms with Gasteiger partial charge in [0.25, 0.3) is 11.8 Å². The molecule has 0 saturated carbocycles. The first-order valence-electron chi connectivity index (χ1n) is 13.3. The third kappa shape index (κ3) is 4.88. The number of piperazine rings is 1. The Kier molecular flexibility index (Phi) is 7.40. The van der Waals surface area contributed by atoms with Crippen LogP contribution in [0.15, 0.2) is 48.5 Å². The summed E-state index contributed by atoms with van der Waals surface area (Å²) in [5.74, 6) is 0.217. The van der Waals surface area contributed by atoms with Gasteiger partial charge in [-0.2, -0.15) is 0 Å². The molecule has 0 aromatic heterocycles. The lowest BCUT2D eigenvalue weighted by Gasteiger charge is -2.45. The Morgan fingerprint density at radius 3 is 2.29 bits per heavy atom. The third-order valence-electron chi connectivity index (χ3n) is 8.10. The van der Waals surface area contributed by atoms with Crippen LogP contribution in [-0.4, -0.2) is 109 Å². The van der Waals surface area contributed by atoms with Crippen molar-refractivity contribution in [3.63, 3.8) is 0 Å². The summed E-state index contributed by atoms with van der Waals surface area (Å²) in [6.45, 7) is 5.79. The summed E-state index contributed by atoms with van der Waals surface area (Å²) in [4.78, 5) is 48.6. The lowest BCUT2D eigenvalue weighted by molar-refractivity contribution is -0.139. The van der Waals surface area contributed by atoms with Gasteiger partial charge in [0.15, 0.2) is 0 Å². The van der Waals surface area contributed by atoms with Gasteiger partial charge in [-0.25, -0.2) is 0 Å². The van der Waals surface area contributed by atoms with E-state index in [-0.39, 0.29) is 24.3 Å². The van der Waals surface area contributed by atoms with E-state index >= 15 is 0 Å². The molecule has 0 aliphatic carbocycles. The molecule has 2 aromatic rings. The number of hydrogen-bond donors (Lipinski definition) is 0. The number of hydrogen-bond acceptors (Lipinski definition) is 6. The zero-order chi connectivity index (χ0) is 26.9. The van der Waals surface area contributed by atoms with Crippen LogP contribution in [0, 0.1) is 6.92 Å². The highest BCUT2D eigenvalue weighted by molar-refractivity contribution is 5.99. The fourth-order valence-electron chi connectivity index (χ4n) is 5.73. The summed E-state index contributed by atoms with van der Waals surface area (Å²) >= 11 is 0. The topological polar surface area (TPSA) is 82.6 Å². The Balaban J connectivity index is 1.41. The fourth-order valence-corrected chi connectivity index (χ4v) is 5.73. The van der Waals surface area contributed by atoms with Crippen molar-refractivity contribution in [3.05, 3.63) is 65.2 Å². The number of carbonyl (C=O) groups excluding carboxylic acids is 3. The van der Waals surface area contributed by atoms with E-state index < -0.39 is 11.8 Å². The molecule has 9 heteroatoms. The van der Waals surface area contributed by atoms with E-state index in [0.29, 0.717) is 55.9 Å². The molecule has 0 N–H and O–H groups in total. The van der Waals surface area contributed by atoms with Crippen LogP contribution in [0.25, 0.3) is 0 Å². The van der Waals surface area contributed by atoms with Crippen LogP contribution in [-0.2, 0) is 9.53 Å². The summed E-state index contributed by atoms with van der Waals surface area (Å²) in [5.41, 5.74) is 1.12. The van der Waals surface area contributed by atoms with Gasteiger partial charge in [0.05, 0.1) is 13.7 Å². The molecule has 3 heterocycles. The quantitative estimate of drug-likeness (QED) is 0.615. The average Bonchev–Trinajstić information content (AvgIpc) is 3.31. The number of likely N-dealkylation sites (tertiary alicyclic amines) is 1. The molecule has 38 heavy (non-hydrogen) atoms. The van der Waals surface area contributed by atoms with Crippen molar-refractivity contribution >= 4 is 17.7 Å². The van der Waals surface area contributed by atoms with Gasteiger partial charge >= 0.3 is 0 Å². The second-order valence-corrected chi connectivity index (χ2v) is 10.4. The molecule has 0 bridgehead atoms. The van der Waals surface area contributed by atoms with Gasteiger partial charge in [0, 0.05) is 63.2 Å². The Hall–Kier alpha value is -3.43. The zero-order valence-electron chi connectivity index (χ0n) is 22.4. The molecule has 3 amide bonds. The fraction of sp³-hybridized carbons (Fsp3) is 0.483. The second-order valence-electron chi connectivity index (χ2n) is 10.4. The maximum atomic E-state index is 14.1. The summed E-state index contributed by atoms with van der Waals surface area (Å²) in [7, 11) is 3.60. The molecule has 0 unspecified atom stereocenters. The molecule has 202 valence electrons. The minimum absolute atomic E-state index is 0.0216. The number of benzene rings is 2. The second kappa shape index (κ2) is 10.7. The smallest absolute Gasteiger partial charge is 0.257 e. The number of carbonyl (C=O) groups is 3. The number of rotatable bonds is 4. The number of ether oxygens (including phenoxy) is 2. The van der Waals surface area contributed by atoms with Gasteiger partial charge in [-0.1, -0.05) is 24.3 Å². The summed E-state index contributed by atoms with van der Waals surface area (Å²) in [6.07, 6.45) is 0.875. The molecular weight excluding hydrogens is 484 g/mol. The Bertz CT molecular complexity index is 1200. The van der Waals surface area contributed by atoms with Gasteiger partial charge in [0.2, 0.25) is 5.91 Å². The largest absolute Gasteiger partial charge is 0.497 e. The van der Waals surface area contributed by atoms with Gasteiger partial charge in [-0.3, -0.25) is 19.3 Å². The monoisotopic (exact) mass is 520 g/mol. The van der Waals surface area contributed by atoms with E-state index in [1.807, 2.05) is 48.0 Å². The van der Waals surface area contributed by atoms with E-state index in [4.69, 9.17) is 9.47 Å². The van der Waals surface area contributed by atoms with Crippen LogP contribution in [0.4, 0.5) is 0 Å². The highest BCUT2D eigenvalue weighted by Crippen LogP contribution is 2.39. The van der Waals surface area contributed by atoms with Gasteiger partial charge in [-0.15, -0.1) is 0 Å². The standard InChI is InChI=1S/C29H36N4O5/c1-21-7-4-5-10-24(21)27(35)31-13-11-29(12-14-31)33(26(34)22-8-6-9-23(19-22)37-3)25(20-38-29)28(36)32-17-15-30(2)16-18-32/h4-10,19,25H,11-18,20H2,1-3H3/t25-/m0/s1. The molecule has 3 fully saturated rings. The molecule has 2 aromatic carbocycles. The van der Waals surface area contributed by atoms with Crippen molar-refractivity contribution in [2.45, 2.75) is 31.5 Å². The third-order valence-corrected chi connectivity index (χ3v) is 8.10. The first-order chi connectivity index (χ1) is 18.3. The summed E-state index contributed by atoms with van der Waals surface area (Å²) in [5, 5.41) is 0. The normalized spacial score (nSPS) is 21.6. The van der Waals surface area contributed by atoms with Gasteiger partial charge < -0.3 is 24.2 Å². The van der Waals surface area contributed by atoms with E-state index in [1.54, 1.807) is 36.3 Å². The maximum absolute atomic E-state index is 14.1. The van der Waals surface area contributed by atoms with E-state index in [0.717, 1.165) is 18.7 Å². The highest BCUT2D eigenvalue weighted by Gasteiger charge is 2.55. The molecule has 3 saturated heterocycles. The van der Waals surface area contributed by atoms with Crippen LogP contribution in [0.1, 0.15) is 39.1 Å². The number of likely N-dealkylation sites (N-methyl/N-ethyl adjacent to an activating group) is 1. The maximum Gasteiger partial charge on any atom is 0.257 e. The Morgan fingerprint density at radius 1 is 0.895 bits per heavy atom. The van der Waals surface area contributed by atoms with Crippen molar-refractivity contribution in [2.24, 2.45) is 0 Å². The Morgan fingerprint density at radius 2 is 1.61 bits per heavy atom. The lowest BCUT2D eigenvalue weighted by atomic mass is 9.95. The molecular formula is C29H36N4O5. The molecule has 3 aliphatic heterocycles. The van der Waals surface area contributed by atoms with E-state index in [1.165, 1.54) is 0 Å². The van der Waals surface area contributed by atoms with E-state index in [2.05, 4.69) is 4.90 Å². The Labute approximate surface area is 223 Å². The van der Waals surface area contributed by atoms with Crippen molar-refractivity contribution in [3.8, 4) is 5.75 Å². The number of piperidine rings is 1. The predicted molar refractivity (Wildman–Crippen MR) is 142 cm³/mol. The van der Waals surface area contributed by atoms with Gasteiger partial charge in [0.1, 0.15) is 17.5 Å². The van der Waals surface area contributed by atoms with Crippen LogP contribution in [0.5, 0.6) is 5.75 Å². The predicted octanol–water partition coefficient (Wildman–Crippen LogP) is 2.25. The molecule has 3 aliphatic rings. The van der Waals surface area contributed by atoms with Gasteiger partial charge in [-0.05, 0) is 43.8 Å². The molecule has 9 nitrogen and oxygen atoms in total. The average molecular weight is 521 g/mol. The van der Waals surface area contributed by atoms with Crippen molar-refractivity contribution in [1.29, 1.82) is 0 Å². The lowest BCUT2D eigenvalue weighted by Crippen LogP contribution is -2.61. The number of methoxy groups -OCH3 is 1. The minimum Gasteiger partial charge on any atom is -0.497 e. The molecule has 5 rings (SSSR count). The number of amides is 3. The SMILES string of the molecule is COc1cccc(C(=O)N2[C@H](C(=O)N3CCN(C)CC3)COC23CCN(C(=O)c2ccccc2C)CC3)c1. The van der Waals surface area contributed by atoms with Crippen LogP contribution in [0.3, 0.4) is 0 Å². The number of aryl methyl sites for hydroxylation is 1.